The van der Waals surface area contributed by atoms with Crippen molar-refractivity contribution < 1.29 is 13.2 Å². The van der Waals surface area contributed by atoms with Crippen molar-refractivity contribution in [3.05, 3.63) is 41.0 Å². The Morgan fingerprint density at radius 2 is 1.83 bits per heavy atom. The summed E-state index contributed by atoms with van der Waals surface area (Å²) in [5, 5.41) is 2.97. The summed E-state index contributed by atoms with van der Waals surface area (Å²) >= 11 is 0. The molecule has 0 unspecified atom stereocenters. The average Bonchev–Trinajstić information content (AvgIpc) is 2.96. The molecule has 2 aliphatic rings. The molecule has 2 atom stereocenters. The summed E-state index contributed by atoms with van der Waals surface area (Å²) in [7, 11) is -3.47. The fourth-order valence-electron chi connectivity index (χ4n) is 3.73. The molecule has 6 heteroatoms. The lowest BCUT2D eigenvalue weighted by molar-refractivity contribution is -0.119. The number of nitrogens with zero attached hydrogens (tertiary/aromatic N) is 1. The van der Waals surface area contributed by atoms with E-state index in [9.17, 15) is 13.2 Å². The number of benzene rings is 1. The number of rotatable bonds is 3. The van der Waals surface area contributed by atoms with Gasteiger partial charge < -0.3 is 5.32 Å². The molecule has 1 amide bonds. The molecule has 0 spiro atoms. The average molecular weight is 348 g/mol. The number of nitrogens with one attached hydrogen (secondary N) is 1. The highest BCUT2D eigenvalue weighted by atomic mass is 32.2. The van der Waals surface area contributed by atoms with Crippen molar-refractivity contribution in [2.45, 2.75) is 44.6 Å². The minimum absolute atomic E-state index is 0.0378. The van der Waals surface area contributed by atoms with Gasteiger partial charge in [0, 0.05) is 20.0 Å². The first kappa shape index (κ1) is 17.2. The van der Waals surface area contributed by atoms with Gasteiger partial charge in [-0.05, 0) is 50.3 Å². The molecule has 0 bridgehead atoms. The Balaban J connectivity index is 1.85. The zero-order valence-electron chi connectivity index (χ0n) is 14.4. The highest BCUT2D eigenvalue weighted by Gasteiger charge is 2.39. The number of fused-ring (bicyclic) bond motifs is 1. The van der Waals surface area contributed by atoms with Crippen LogP contribution in [0, 0.1) is 12.8 Å². The van der Waals surface area contributed by atoms with E-state index in [0.29, 0.717) is 18.0 Å². The summed E-state index contributed by atoms with van der Waals surface area (Å²) < 4.78 is 27.4. The van der Waals surface area contributed by atoms with Gasteiger partial charge in [-0.1, -0.05) is 23.3 Å². The van der Waals surface area contributed by atoms with E-state index >= 15 is 0 Å². The zero-order valence-corrected chi connectivity index (χ0v) is 15.2. The van der Waals surface area contributed by atoms with Crippen molar-refractivity contribution in [1.29, 1.82) is 0 Å². The Hall–Kier alpha value is -1.66. The van der Waals surface area contributed by atoms with E-state index in [0.717, 1.165) is 24.0 Å². The highest BCUT2D eigenvalue weighted by molar-refractivity contribution is 7.89. The molecule has 0 aromatic heterocycles. The molecule has 5 nitrogen and oxygen atoms in total. The van der Waals surface area contributed by atoms with Gasteiger partial charge >= 0.3 is 0 Å². The number of carbonyl (C=O) groups excluding carboxylic acids is 1. The van der Waals surface area contributed by atoms with E-state index < -0.39 is 10.0 Å². The summed E-state index contributed by atoms with van der Waals surface area (Å²) in [6, 6.07) is 7.04. The van der Waals surface area contributed by atoms with Gasteiger partial charge in [-0.2, -0.15) is 4.31 Å². The molecule has 130 valence electrons. The Bertz CT molecular complexity index is 781. The lowest BCUT2D eigenvalue weighted by atomic mass is 9.82. The van der Waals surface area contributed by atoms with E-state index in [2.05, 4.69) is 5.32 Å². The predicted molar refractivity (Wildman–Crippen MR) is 93.0 cm³/mol. The van der Waals surface area contributed by atoms with Gasteiger partial charge in [0.1, 0.15) is 0 Å². The minimum Gasteiger partial charge on any atom is -0.350 e. The molecule has 1 aliphatic carbocycles. The fraction of sp³-hybridized carbons (Fsp3) is 0.500. The van der Waals surface area contributed by atoms with Crippen LogP contribution in [-0.4, -0.2) is 37.8 Å². The monoisotopic (exact) mass is 348 g/mol. The van der Waals surface area contributed by atoms with Crippen molar-refractivity contribution in [3.63, 3.8) is 0 Å². The topological polar surface area (TPSA) is 66.5 Å². The first-order valence-electron chi connectivity index (χ1n) is 8.32. The molecule has 1 aliphatic heterocycles. The van der Waals surface area contributed by atoms with Crippen molar-refractivity contribution in [1.82, 2.24) is 9.62 Å². The van der Waals surface area contributed by atoms with Crippen molar-refractivity contribution in [3.8, 4) is 0 Å². The third kappa shape index (κ3) is 3.13. The van der Waals surface area contributed by atoms with Crippen LogP contribution in [-0.2, 0) is 14.8 Å². The van der Waals surface area contributed by atoms with Crippen molar-refractivity contribution in [2.75, 3.05) is 13.1 Å². The van der Waals surface area contributed by atoms with Crippen LogP contribution in [0.25, 0.3) is 0 Å². The van der Waals surface area contributed by atoms with Gasteiger partial charge in [-0.25, -0.2) is 8.42 Å². The number of carbonyl (C=O) groups is 1. The van der Waals surface area contributed by atoms with Crippen LogP contribution in [0.1, 0.15) is 32.3 Å². The second-order valence-electron chi connectivity index (χ2n) is 6.85. The van der Waals surface area contributed by atoms with Gasteiger partial charge in [-0.3, -0.25) is 4.79 Å². The van der Waals surface area contributed by atoms with Crippen LogP contribution in [0.2, 0.25) is 0 Å². The van der Waals surface area contributed by atoms with Crippen LogP contribution in [0.5, 0.6) is 0 Å². The molecule has 1 fully saturated rings. The molecule has 1 N–H and O–H groups in total. The molecule has 1 saturated heterocycles. The van der Waals surface area contributed by atoms with Crippen molar-refractivity contribution in [2.24, 2.45) is 5.92 Å². The third-order valence-electron chi connectivity index (χ3n) is 5.13. The second-order valence-corrected chi connectivity index (χ2v) is 8.78. The molecule has 1 aromatic rings. The molecule has 3 rings (SSSR count). The Morgan fingerprint density at radius 1 is 1.17 bits per heavy atom. The maximum atomic E-state index is 12.9. The SMILES string of the molecule is CC(=O)N[C@H]1CC[C@H]2CN(S(=O)(=O)c3ccc(C)cc3)CC2=C1C. The minimum atomic E-state index is -3.47. The standard InChI is InChI=1S/C18H24N2O3S/c1-12-4-7-16(8-5-12)24(22,23)20-10-15-6-9-18(19-14(3)21)13(2)17(15)11-20/h4-5,7-8,15,18H,6,9-11H2,1-3H3,(H,19,21)/t15-,18-/m0/s1. The number of hydrogen-bond acceptors (Lipinski definition) is 3. The zero-order chi connectivity index (χ0) is 17.5. The first-order chi connectivity index (χ1) is 11.3. The van der Waals surface area contributed by atoms with E-state index in [4.69, 9.17) is 0 Å². The fourth-order valence-corrected chi connectivity index (χ4v) is 5.19. The van der Waals surface area contributed by atoms with Crippen LogP contribution >= 0.6 is 0 Å². The molecular formula is C18H24N2O3S. The normalized spacial score (nSPS) is 24.8. The first-order valence-corrected chi connectivity index (χ1v) is 9.76. The van der Waals surface area contributed by atoms with Gasteiger partial charge in [0.05, 0.1) is 10.9 Å². The number of hydrogen-bond donors (Lipinski definition) is 1. The van der Waals surface area contributed by atoms with E-state index in [1.807, 2.05) is 26.0 Å². The third-order valence-corrected chi connectivity index (χ3v) is 6.96. The Kier molecular flexibility index (Phi) is 4.53. The largest absolute Gasteiger partial charge is 0.350 e. The summed E-state index contributed by atoms with van der Waals surface area (Å²) in [6.07, 6.45) is 1.79. The molecule has 1 heterocycles. The van der Waals surface area contributed by atoms with Crippen LogP contribution < -0.4 is 5.32 Å². The van der Waals surface area contributed by atoms with Crippen LogP contribution in [0.4, 0.5) is 0 Å². The van der Waals surface area contributed by atoms with Gasteiger partial charge in [0.15, 0.2) is 0 Å². The summed E-state index contributed by atoms with van der Waals surface area (Å²) in [5.74, 6) is 0.232. The highest BCUT2D eigenvalue weighted by Crippen LogP contribution is 2.38. The van der Waals surface area contributed by atoms with Gasteiger partial charge in [-0.15, -0.1) is 0 Å². The quantitative estimate of drug-likeness (QED) is 0.852. The smallest absolute Gasteiger partial charge is 0.243 e. The Labute approximate surface area is 143 Å². The lowest BCUT2D eigenvalue weighted by Crippen LogP contribution is -2.37. The molecular weight excluding hydrogens is 324 g/mol. The molecule has 1 aromatic carbocycles. The Morgan fingerprint density at radius 3 is 2.46 bits per heavy atom. The number of sulfonamides is 1. The molecule has 0 saturated carbocycles. The van der Waals surface area contributed by atoms with Gasteiger partial charge in [0.2, 0.25) is 15.9 Å². The van der Waals surface area contributed by atoms with E-state index in [1.54, 1.807) is 16.4 Å². The van der Waals surface area contributed by atoms with E-state index in [1.165, 1.54) is 12.5 Å². The lowest BCUT2D eigenvalue weighted by Gasteiger charge is -2.28. The van der Waals surface area contributed by atoms with Crippen LogP contribution in [0.3, 0.4) is 0 Å². The summed E-state index contributed by atoms with van der Waals surface area (Å²) in [4.78, 5) is 11.7. The molecule has 0 radical (unpaired) electrons. The van der Waals surface area contributed by atoms with Crippen LogP contribution in [0.15, 0.2) is 40.3 Å². The van der Waals surface area contributed by atoms with Crippen molar-refractivity contribution >= 4 is 15.9 Å². The number of aryl methyl sites for hydroxylation is 1. The maximum Gasteiger partial charge on any atom is 0.243 e. The maximum absolute atomic E-state index is 12.9. The molecule has 24 heavy (non-hydrogen) atoms. The summed E-state index contributed by atoms with van der Waals surface area (Å²) in [6.45, 7) is 6.45. The van der Waals surface area contributed by atoms with E-state index in [-0.39, 0.29) is 17.9 Å². The second kappa shape index (κ2) is 6.33. The number of amides is 1. The predicted octanol–water partition coefficient (Wildman–Crippen LogP) is 2.23. The summed E-state index contributed by atoms with van der Waals surface area (Å²) in [5.41, 5.74) is 3.35. The van der Waals surface area contributed by atoms with Gasteiger partial charge in [0.25, 0.3) is 0 Å².